The van der Waals surface area contributed by atoms with Crippen LogP contribution in [-0.4, -0.2) is 24.9 Å². The number of aryl methyl sites for hydroxylation is 1. The Morgan fingerprint density at radius 2 is 2.25 bits per heavy atom. The fourth-order valence-electron chi connectivity index (χ4n) is 1.32. The molecular formula is C10H11ClN4O. The largest absolute Gasteiger partial charge is 0.390 e. The van der Waals surface area contributed by atoms with Gasteiger partial charge in [-0.2, -0.15) is 5.10 Å². The highest BCUT2D eigenvalue weighted by Gasteiger charge is 2.15. The molecule has 0 amide bonds. The van der Waals surface area contributed by atoms with Gasteiger partial charge < -0.3 is 5.11 Å². The Morgan fingerprint density at radius 1 is 1.50 bits per heavy atom. The molecule has 16 heavy (non-hydrogen) atoms. The van der Waals surface area contributed by atoms with Crippen LogP contribution in [0.1, 0.15) is 11.4 Å². The summed E-state index contributed by atoms with van der Waals surface area (Å²) in [5.41, 5.74) is 1.94. The molecule has 0 spiro atoms. The van der Waals surface area contributed by atoms with Crippen LogP contribution in [0.4, 0.5) is 0 Å². The lowest BCUT2D eigenvalue weighted by Crippen LogP contribution is -1.96. The monoisotopic (exact) mass is 238 g/mol. The molecule has 2 aromatic rings. The topological polar surface area (TPSA) is 63.8 Å². The van der Waals surface area contributed by atoms with Gasteiger partial charge in [-0.1, -0.05) is 11.6 Å². The SMILES string of the molecule is Cc1c(Cl)c(-c2nccc(CO)n2)nn1C. The lowest BCUT2D eigenvalue weighted by molar-refractivity contribution is 0.277. The second-order valence-electron chi connectivity index (χ2n) is 3.40. The molecule has 2 rings (SSSR count). The highest BCUT2D eigenvalue weighted by Crippen LogP contribution is 2.26. The first-order valence-corrected chi connectivity index (χ1v) is 5.13. The van der Waals surface area contributed by atoms with Gasteiger partial charge >= 0.3 is 0 Å². The van der Waals surface area contributed by atoms with E-state index in [1.807, 2.05) is 6.92 Å². The van der Waals surface area contributed by atoms with Gasteiger partial charge in [0.25, 0.3) is 0 Å². The Balaban J connectivity index is 2.54. The Morgan fingerprint density at radius 3 is 2.81 bits per heavy atom. The van der Waals surface area contributed by atoms with Gasteiger partial charge in [-0.05, 0) is 13.0 Å². The summed E-state index contributed by atoms with van der Waals surface area (Å²) in [5.74, 6) is 0.431. The number of hydrogen-bond donors (Lipinski definition) is 1. The van der Waals surface area contributed by atoms with Gasteiger partial charge in [0.15, 0.2) is 5.82 Å². The molecule has 0 aromatic carbocycles. The Hall–Kier alpha value is -1.46. The van der Waals surface area contributed by atoms with Gasteiger partial charge in [0.1, 0.15) is 5.69 Å². The highest BCUT2D eigenvalue weighted by molar-refractivity contribution is 6.33. The summed E-state index contributed by atoms with van der Waals surface area (Å²) in [6.07, 6.45) is 1.58. The second kappa shape index (κ2) is 4.19. The minimum Gasteiger partial charge on any atom is -0.390 e. The van der Waals surface area contributed by atoms with Crippen LogP contribution in [0.2, 0.25) is 5.02 Å². The molecular weight excluding hydrogens is 228 g/mol. The molecule has 5 nitrogen and oxygen atoms in total. The molecule has 1 N–H and O–H groups in total. The molecule has 2 aromatic heterocycles. The summed E-state index contributed by atoms with van der Waals surface area (Å²) >= 11 is 6.12. The van der Waals surface area contributed by atoms with E-state index in [1.54, 1.807) is 24.0 Å². The highest BCUT2D eigenvalue weighted by atomic mass is 35.5. The number of nitrogens with zero attached hydrogens (tertiary/aromatic N) is 4. The molecule has 0 unspecified atom stereocenters. The minimum absolute atomic E-state index is 0.126. The maximum atomic E-state index is 8.99. The molecule has 6 heteroatoms. The van der Waals surface area contributed by atoms with E-state index < -0.39 is 0 Å². The van der Waals surface area contributed by atoms with Crippen molar-refractivity contribution >= 4 is 11.6 Å². The van der Waals surface area contributed by atoms with Crippen molar-refractivity contribution in [3.63, 3.8) is 0 Å². The number of aromatic nitrogens is 4. The molecule has 0 aliphatic carbocycles. The van der Waals surface area contributed by atoms with Gasteiger partial charge in [0.05, 0.1) is 23.0 Å². The Labute approximate surface area is 97.7 Å². The van der Waals surface area contributed by atoms with Crippen molar-refractivity contribution in [2.24, 2.45) is 7.05 Å². The molecule has 2 heterocycles. The van der Waals surface area contributed by atoms with Crippen LogP contribution in [0.3, 0.4) is 0 Å². The predicted molar refractivity (Wildman–Crippen MR) is 59.9 cm³/mol. The molecule has 0 aliphatic heterocycles. The minimum atomic E-state index is -0.126. The van der Waals surface area contributed by atoms with Crippen molar-refractivity contribution in [2.45, 2.75) is 13.5 Å². The predicted octanol–water partition coefficient (Wildman–Crippen LogP) is 1.33. The van der Waals surface area contributed by atoms with Crippen molar-refractivity contribution in [2.75, 3.05) is 0 Å². The smallest absolute Gasteiger partial charge is 0.181 e. The van der Waals surface area contributed by atoms with Crippen LogP contribution in [0, 0.1) is 6.92 Å². The second-order valence-corrected chi connectivity index (χ2v) is 3.78. The zero-order chi connectivity index (χ0) is 11.7. The van der Waals surface area contributed by atoms with Crippen molar-refractivity contribution in [1.29, 1.82) is 0 Å². The molecule has 0 bridgehead atoms. The molecule has 0 fully saturated rings. The maximum absolute atomic E-state index is 8.99. The third kappa shape index (κ3) is 1.79. The number of hydrogen-bond acceptors (Lipinski definition) is 4. The number of aliphatic hydroxyl groups is 1. The molecule has 0 saturated carbocycles. The quantitative estimate of drug-likeness (QED) is 0.858. The van der Waals surface area contributed by atoms with Crippen LogP contribution >= 0.6 is 11.6 Å². The van der Waals surface area contributed by atoms with Gasteiger partial charge in [0.2, 0.25) is 0 Å². The first-order chi connectivity index (χ1) is 7.63. The summed E-state index contributed by atoms with van der Waals surface area (Å²) in [4.78, 5) is 8.25. The number of aliphatic hydroxyl groups excluding tert-OH is 1. The Kier molecular flexibility index (Phi) is 2.89. The summed E-state index contributed by atoms with van der Waals surface area (Å²) in [6.45, 7) is 1.74. The van der Waals surface area contributed by atoms with Crippen LogP contribution in [-0.2, 0) is 13.7 Å². The third-order valence-corrected chi connectivity index (χ3v) is 2.80. The first kappa shape index (κ1) is 11.0. The third-order valence-electron chi connectivity index (χ3n) is 2.35. The van der Waals surface area contributed by atoms with E-state index >= 15 is 0 Å². The normalized spacial score (nSPS) is 10.8. The van der Waals surface area contributed by atoms with E-state index in [4.69, 9.17) is 16.7 Å². The summed E-state index contributed by atoms with van der Waals surface area (Å²) in [5, 5.41) is 13.8. The zero-order valence-electron chi connectivity index (χ0n) is 8.98. The Bertz CT molecular complexity index is 524. The molecule has 0 aliphatic rings. The average Bonchev–Trinajstić information content (AvgIpc) is 2.57. The van der Waals surface area contributed by atoms with E-state index in [9.17, 15) is 0 Å². The summed E-state index contributed by atoms with van der Waals surface area (Å²) in [7, 11) is 1.81. The standard InChI is InChI=1S/C10H11ClN4O/c1-6-8(11)9(14-15(6)2)10-12-4-3-7(5-16)13-10/h3-4,16H,5H2,1-2H3. The van der Waals surface area contributed by atoms with E-state index in [2.05, 4.69) is 15.1 Å². The fraction of sp³-hybridized carbons (Fsp3) is 0.300. The molecule has 0 saturated heterocycles. The zero-order valence-corrected chi connectivity index (χ0v) is 9.73. The average molecular weight is 239 g/mol. The number of halogens is 1. The van der Waals surface area contributed by atoms with Crippen molar-refractivity contribution in [3.8, 4) is 11.5 Å². The van der Waals surface area contributed by atoms with Crippen LogP contribution < -0.4 is 0 Å². The van der Waals surface area contributed by atoms with E-state index in [1.165, 1.54) is 0 Å². The lowest BCUT2D eigenvalue weighted by atomic mass is 10.3. The lowest BCUT2D eigenvalue weighted by Gasteiger charge is -1.98. The van der Waals surface area contributed by atoms with Crippen molar-refractivity contribution in [1.82, 2.24) is 19.7 Å². The summed E-state index contributed by atoms with van der Waals surface area (Å²) in [6, 6.07) is 1.65. The van der Waals surface area contributed by atoms with E-state index in [0.717, 1.165) is 5.69 Å². The summed E-state index contributed by atoms with van der Waals surface area (Å²) < 4.78 is 1.67. The van der Waals surface area contributed by atoms with Crippen molar-refractivity contribution < 1.29 is 5.11 Å². The molecule has 84 valence electrons. The van der Waals surface area contributed by atoms with Gasteiger partial charge in [0, 0.05) is 13.2 Å². The van der Waals surface area contributed by atoms with E-state index in [-0.39, 0.29) is 6.61 Å². The molecule has 0 radical (unpaired) electrons. The molecule has 0 atom stereocenters. The van der Waals surface area contributed by atoms with Gasteiger partial charge in [-0.25, -0.2) is 9.97 Å². The number of rotatable bonds is 2. The van der Waals surface area contributed by atoms with Crippen molar-refractivity contribution in [3.05, 3.63) is 28.7 Å². The van der Waals surface area contributed by atoms with E-state index in [0.29, 0.717) is 22.2 Å². The first-order valence-electron chi connectivity index (χ1n) is 4.75. The van der Waals surface area contributed by atoms with Gasteiger partial charge in [-0.15, -0.1) is 0 Å². The van der Waals surface area contributed by atoms with Crippen LogP contribution in [0.5, 0.6) is 0 Å². The van der Waals surface area contributed by atoms with Crippen LogP contribution in [0.15, 0.2) is 12.3 Å². The van der Waals surface area contributed by atoms with Gasteiger partial charge in [-0.3, -0.25) is 4.68 Å². The van der Waals surface area contributed by atoms with Crippen LogP contribution in [0.25, 0.3) is 11.5 Å². The fourth-order valence-corrected chi connectivity index (χ4v) is 1.57. The maximum Gasteiger partial charge on any atom is 0.181 e.